The van der Waals surface area contributed by atoms with Crippen LogP contribution in [-0.2, 0) is 14.3 Å². The molecule has 1 amide bonds. The van der Waals surface area contributed by atoms with E-state index in [9.17, 15) is 4.79 Å². The number of likely N-dealkylation sites (N-methyl/N-ethyl adjacent to an activating group) is 1. The number of amides is 1. The van der Waals surface area contributed by atoms with Gasteiger partial charge in [0.2, 0.25) is 5.91 Å². The molecule has 19 heavy (non-hydrogen) atoms. The lowest BCUT2D eigenvalue weighted by Crippen LogP contribution is -2.59. The maximum Gasteiger partial charge on any atom is 0.226 e. The first-order chi connectivity index (χ1) is 9.25. The van der Waals surface area contributed by atoms with Gasteiger partial charge in [-0.15, -0.1) is 0 Å². The van der Waals surface area contributed by atoms with E-state index in [-0.39, 0.29) is 5.92 Å². The van der Waals surface area contributed by atoms with E-state index in [1.54, 1.807) is 0 Å². The van der Waals surface area contributed by atoms with Crippen LogP contribution in [0.15, 0.2) is 0 Å². The fraction of sp³-hybridized carbons (Fsp3) is 0.929. The molecule has 1 aliphatic carbocycles. The van der Waals surface area contributed by atoms with Crippen molar-refractivity contribution < 1.29 is 14.3 Å². The molecule has 0 bridgehead atoms. The second-order valence-corrected chi connectivity index (χ2v) is 6.42. The maximum absolute atomic E-state index is 12.6. The Kier molecular flexibility index (Phi) is 2.83. The van der Waals surface area contributed by atoms with E-state index < -0.39 is 0 Å². The average Bonchev–Trinajstić information content (AvgIpc) is 2.90. The molecular weight excluding hydrogens is 244 g/mol. The average molecular weight is 266 g/mol. The molecular formula is C14H22N2O3. The first-order valence-electron chi connectivity index (χ1n) is 7.44. The fourth-order valence-electron chi connectivity index (χ4n) is 4.06. The van der Waals surface area contributed by atoms with E-state index in [4.69, 9.17) is 9.47 Å². The van der Waals surface area contributed by atoms with E-state index in [0.717, 1.165) is 45.9 Å². The Labute approximate surface area is 113 Å². The van der Waals surface area contributed by atoms with Gasteiger partial charge in [-0.25, -0.2) is 0 Å². The number of ether oxygens (including phenoxy) is 2. The fourth-order valence-corrected chi connectivity index (χ4v) is 4.06. The highest BCUT2D eigenvalue weighted by Crippen LogP contribution is 2.51. The van der Waals surface area contributed by atoms with Gasteiger partial charge in [-0.2, -0.15) is 0 Å². The molecule has 0 aromatic carbocycles. The van der Waals surface area contributed by atoms with Crippen LogP contribution in [0.3, 0.4) is 0 Å². The Balaban J connectivity index is 1.41. The highest BCUT2D eigenvalue weighted by molar-refractivity contribution is 5.82. The maximum atomic E-state index is 12.6. The minimum Gasteiger partial charge on any atom is -0.381 e. The zero-order valence-corrected chi connectivity index (χ0v) is 11.5. The molecule has 0 aromatic heterocycles. The van der Waals surface area contributed by atoms with Crippen LogP contribution in [0.4, 0.5) is 0 Å². The van der Waals surface area contributed by atoms with Crippen molar-refractivity contribution in [1.29, 1.82) is 0 Å². The number of rotatable bonds is 1. The quantitative estimate of drug-likeness (QED) is 0.660. The van der Waals surface area contributed by atoms with E-state index in [1.807, 2.05) is 0 Å². The van der Waals surface area contributed by atoms with Crippen LogP contribution in [0.2, 0.25) is 0 Å². The lowest BCUT2D eigenvalue weighted by Gasteiger charge is -2.45. The van der Waals surface area contributed by atoms with Gasteiger partial charge in [-0.3, -0.25) is 9.69 Å². The summed E-state index contributed by atoms with van der Waals surface area (Å²) in [4.78, 5) is 17.0. The van der Waals surface area contributed by atoms with Crippen LogP contribution < -0.4 is 0 Å². The van der Waals surface area contributed by atoms with Gasteiger partial charge in [-0.05, 0) is 25.3 Å². The number of nitrogens with zero attached hydrogens (tertiary/aromatic N) is 2. The number of carbonyl (C=O) groups is 1. The van der Waals surface area contributed by atoms with Gasteiger partial charge in [0, 0.05) is 25.6 Å². The van der Waals surface area contributed by atoms with Crippen LogP contribution in [0.25, 0.3) is 0 Å². The minimum absolute atomic E-state index is 0.264. The second-order valence-electron chi connectivity index (χ2n) is 6.42. The van der Waals surface area contributed by atoms with Gasteiger partial charge in [0.25, 0.3) is 0 Å². The van der Waals surface area contributed by atoms with Crippen molar-refractivity contribution >= 4 is 5.91 Å². The van der Waals surface area contributed by atoms with E-state index in [0.29, 0.717) is 29.9 Å². The molecule has 0 aromatic rings. The number of piperidine rings is 1. The van der Waals surface area contributed by atoms with Crippen molar-refractivity contribution in [3.8, 4) is 0 Å². The predicted molar refractivity (Wildman–Crippen MR) is 68.6 cm³/mol. The Morgan fingerprint density at radius 2 is 2.00 bits per heavy atom. The minimum atomic E-state index is 0.264. The highest BCUT2D eigenvalue weighted by atomic mass is 16.5. The van der Waals surface area contributed by atoms with Crippen molar-refractivity contribution in [2.45, 2.75) is 18.6 Å². The molecule has 106 valence electrons. The third-order valence-electron chi connectivity index (χ3n) is 5.41. The third kappa shape index (κ3) is 1.90. The van der Waals surface area contributed by atoms with Gasteiger partial charge < -0.3 is 14.4 Å². The van der Waals surface area contributed by atoms with E-state index in [2.05, 4.69) is 16.8 Å². The molecule has 3 heterocycles. The number of likely N-dealkylation sites (tertiary alicyclic amines) is 1. The normalized spacial score (nSPS) is 45.7. The van der Waals surface area contributed by atoms with Crippen molar-refractivity contribution in [1.82, 2.24) is 9.80 Å². The Bertz CT molecular complexity index is 379. The number of morpholine rings is 1. The van der Waals surface area contributed by atoms with E-state index >= 15 is 0 Å². The number of hydrogen-bond acceptors (Lipinski definition) is 4. The van der Waals surface area contributed by atoms with Crippen LogP contribution in [-0.4, -0.2) is 74.4 Å². The summed E-state index contributed by atoms with van der Waals surface area (Å²) in [6, 6.07) is 0.390. The van der Waals surface area contributed by atoms with Crippen molar-refractivity contribution in [2.75, 3.05) is 46.5 Å². The first kappa shape index (κ1) is 12.1. The van der Waals surface area contributed by atoms with Crippen LogP contribution in [0.5, 0.6) is 0 Å². The molecule has 1 saturated carbocycles. The molecule has 5 heteroatoms. The molecule has 3 saturated heterocycles. The zero-order valence-electron chi connectivity index (χ0n) is 11.5. The lowest BCUT2D eigenvalue weighted by molar-refractivity contribution is -0.144. The highest BCUT2D eigenvalue weighted by Gasteiger charge is 2.59. The molecule has 4 fully saturated rings. The molecule has 4 aliphatic rings. The molecule has 0 radical (unpaired) electrons. The monoisotopic (exact) mass is 266 g/mol. The predicted octanol–water partition coefficient (Wildman–Crippen LogP) is -0.190. The first-order valence-corrected chi connectivity index (χ1v) is 7.44. The number of carbonyl (C=O) groups excluding carboxylic acids is 1. The van der Waals surface area contributed by atoms with Crippen molar-refractivity contribution in [2.24, 2.45) is 17.8 Å². The molecule has 5 atom stereocenters. The SMILES string of the molecule is CN1CCOC2CCN(C(=O)C3[C@H]4COC[C@@H]34)C[C@@H]21. The molecule has 5 nitrogen and oxygen atoms in total. The van der Waals surface area contributed by atoms with Crippen molar-refractivity contribution in [3.05, 3.63) is 0 Å². The van der Waals surface area contributed by atoms with Gasteiger partial charge in [0.05, 0.1) is 32.0 Å². The number of fused-ring (bicyclic) bond motifs is 2. The summed E-state index contributed by atoms with van der Waals surface area (Å²) in [5.41, 5.74) is 0. The molecule has 3 aliphatic heterocycles. The smallest absolute Gasteiger partial charge is 0.226 e. The second kappa shape index (κ2) is 4.43. The molecule has 4 rings (SSSR count). The molecule has 2 unspecified atom stereocenters. The van der Waals surface area contributed by atoms with Crippen LogP contribution >= 0.6 is 0 Å². The summed E-state index contributed by atoms with van der Waals surface area (Å²) in [5.74, 6) is 1.67. The number of hydrogen-bond donors (Lipinski definition) is 0. The van der Waals surface area contributed by atoms with Gasteiger partial charge in [0.15, 0.2) is 0 Å². The van der Waals surface area contributed by atoms with E-state index in [1.165, 1.54) is 0 Å². The molecule has 0 N–H and O–H groups in total. The molecule has 0 spiro atoms. The summed E-state index contributed by atoms with van der Waals surface area (Å²) >= 11 is 0. The summed E-state index contributed by atoms with van der Waals surface area (Å²) in [7, 11) is 2.15. The Hall–Kier alpha value is -0.650. The summed E-state index contributed by atoms with van der Waals surface area (Å²) in [5, 5.41) is 0. The lowest BCUT2D eigenvalue weighted by atomic mass is 9.98. The summed E-state index contributed by atoms with van der Waals surface area (Å²) in [6.07, 6.45) is 1.31. The zero-order chi connectivity index (χ0) is 13.0. The topological polar surface area (TPSA) is 42.0 Å². The van der Waals surface area contributed by atoms with Gasteiger partial charge in [-0.1, -0.05) is 0 Å². The summed E-state index contributed by atoms with van der Waals surface area (Å²) < 4.78 is 11.2. The van der Waals surface area contributed by atoms with Crippen LogP contribution in [0, 0.1) is 17.8 Å². The van der Waals surface area contributed by atoms with Crippen molar-refractivity contribution in [3.63, 3.8) is 0 Å². The Morgan fingerprint density at radius 1 is 1.21 bits per heavy atom. The largest absolute Gasteiger partial charge is 0.381 e. The standard InChI is InChI=1S/C14H22N2O3/c1-15-4-5-19-12-2-3-16(6-11(12)15)14(17)13-9-7-18-8-10(9)13/h9-13H,2-8H2,1H3/t9-,10+,11-,12?,13?/m0/s1. The Morgan fingerprint density at radius 3 is 2.79 bits per heavy atom. The summed E-state index contributed by atoms with van der Waals surface area (Å²) in [6.45, 7) is 5.11. The van der Waals surface area contributed by atoms with Crippen LogP contribution in [0.1, 0.15) is 6.42 Å². The van der Waals surface area contributed by atoms with Gasteiger partial charge in [0.1, 0.15) is 0 Å². The van der Waals surface area contributed by atoms with Gasteiger partial charge >= 0.3 is 0 Å². The third-order valence-corrected chi connectivity index (χ3v) is 5.41.